The van der Waals surface area contributed by atoms with E-state index >= 15 is 0 Å². The van der Waals surface area contributed by atoms with Crippen molar-refractivity contribution in [3.63, 3.8) is 0 Å². The Bertz CT molecular complexity index is 46.2. The van der Waals surface area contributed by atoms with Gasteiger partial charge in [-0.2, -0.15) is 0 Å². The fourth-order valence-corrected chi connectivity index (χ4v) is 0.678. The third-order valence-corrected chi connectivity index (χ3v) is 1.21. The summed E-state index contributed by atoms with van der Waals surface area (Å²) in [5.41, 5.74) is 0. The molecule has 0 fully saturated rings. The lowest BCUT2D eigenvalue weighted by atomic mass is 10.2. The van der Waals surface area contributed by atoms with E-state index in [2.05, 4.69) is 25.9 Å². The third-order valence-electron chi connectivity index (χ3n) is 1.21. The Balaban J connectivity index is 0. The number of unbranched alkanes of at least 4 members (excludes halogenated alkanes) is 2. The van der Waals surface area contributed by atoms with Gasteiger partial charge in [-0.05, 0) is 27.1 Å². The summed E-state index contributed by atoms with van der Waals surface area (Å²) < 4.78 is 0. The Morgan fingerprint density at radius 1 is 1.11 bits per heavy atom. The summed E-state index contributed by atoms with van der Waals surface area (Å²) in [6, 6.07) is 0. The molecule has 0 aromatic rings. The smallest absolute Gasteiger partial charge is 0.00248 e. The van der Waals surface area contributed by atoms with Gasteiger partial charge >= 0.3 is 0 Å². The minimum atomic E-state index is 0. The molecule has 0 N–H and O–H groups in total. The summed E-state index contributed by atoms with van der Waals surface area (Å²) >= 11 is 0. The van der Waals surface area contributed by atoms with Crippen LogP contribution >= 0.6 is 24.0 Å². The van der Waals surface area contributed by atoms with E-state index < -0.39 is 0 Å². The van der Waals surface area contributed by atoms with Crippen LogP contribution in [0.15, 0.2) is 0 Å². The molecule has 1 nitrogen and oxygen atoms in total. The van der Waals surface area contributed by atoms with E-state index in [0.29, 0.717) is 0 Å². The van der Waals surface area contributed by atoms with Gasteiger partial charge in [0.05, 0.1) is 0 Å². The zero-order valence-corrected chi connectivity index (χ0v) is 9.01. The molecule has 0 aromatic heterocycles. The maximum atomic E-state index is 2.23. The highest BCUT2D eigenvalue weighted by atomic mass is 127. The number of nitrogens with zero attached hydrogens (tertiary/aromatic N) is 1. The first-order valence-electron chi connectivity index (χ1n) is 3.42. The normalized spacial score (nSPS) is 9.33. The van der Waals surface area contributed by atoms with Gasteiger partial charge in [0.25, 0.3) is 0 Å². The second-order valence-electron chi connectivity index (χ2n) is 2.51. The molecule has 9 heavy (non-hydrogen) atoms. The summed E-state index contributed by atoms with van der Waals surface area (Å²) in [5.74, 6) is 0. The lowest BCUT2D eigenvalue weighted by Gasteiger charge is -2.06. The van der Waals surface area contributed by atoms with Crippen LogP contribution in [-0.2, 0) is 0 Å². The average Bonchev–Trinajstić information content (AvgIpc) is 1.66. The molecule has 0 aliphatic heterocycles. The van der Waals surface area contributed by atoms with Crippen LogP contribution in [0.4, 0.5) is 0 Å². The van der Waals surface area contributed by atoms with Crippen molar-refractivity contribution in [1.82, 2.24) is 4.90 Å². The van der Waals surface area contributed by atoms with E-state index in [4.69, 9.17) is 0 Å². The Morgan fingerprint density at radius 3 is 2.00 bits per heavy atom. The highest BCUT2D eigenvalue weighted by Gasteiger charge is 1.86. The lowest BCUT2D eigenvalue weighted by Crippen LogP contribution is -2.12. The van der Waals surface area contributed by atoms with E-state index in [1.807, 2.05) is 0 Å². The predicted molar refractivity (Wildman–Crippen MR) is 53.5 cm³/mol. The number of rotatable bonds is 4. The van der Waals surface area contributed by atoms with Gasteiger partial charge in [-0.15, -0.1) is 24.0 Å². The summed E-state index contributed by atoms with van der Waals surface area (Å²) in [5, 5.41) is 0. The van der Waals surface area contributed by atoms with Crippen LogP contribution in [0.5, 0.6) is 0 Å². The van der Waals surface area contributed by atoms with Crippen LogP contribution in [0.3, 0.4) is 0 Å². The first-order valence-corrected chi connectivity index (χ1v) is 3.42. The zero-order valence-electron chi connectivity index (χ0n) is 6.68. The molecule has 0 aromatic carbocycles. The van der Waals surface area contributed by atoms with Crippen molar-refractivity contribution in [1.29, 1.82) is 0 Å². The van der Waals surface area contributed by atoms with Gasteiger partial charge in [0.2, 0.25) is 0 Å². The summed E-state index contributed by atoms with van der Waals surface area (Å²) in [6.07, 6.45) is 4.05. The van der Waals surface area contributed by atoms with Crippen molar-refractivity contribution in [2.45, 2.75) is 26.2 Å². The Hall–Kier alpha value is 0.690. The van der Waals surface area contributed by atoms with Crippen LogP contribution in [0.25, 0.3) is 0 Å². The first-order chi connectivity index (χ1) is 3.77. The molecule has 0 amide bonds. The molecular weight excluding hydrogens is 225 g/mol. The second kappa shape index (κ2) is 8.69. The molecule has 0 rings (SSSR count). The van der Waals surface area contributed by atoms with Gasteiger partial charge < -0.3 is 4.90 Å². The van der Waals surface area contributed by atoms with Gasteiger partial charge in [0.15, 0.2) is 0 Å². The summed E-state index contributed by atoms with van der Waals surface area (Å²) in [6.45, 7) is 3.48. The molecule has 0 saturated carbocycles. The monoisotopic (exact) mass is 243 g/mol. The number of halogens is 1. The van der Waals surface area contributed by atoms with Gasteiger partial charge in [-0.25, -0.2) is 0 Å². The molecule has 0 spiro atoms. The maximum absolute atomic E-state index is 2.23. The SMILES string of the molecule is CCCCCN(C)C.I. The molecule has 2 heteroatoms. The minimum absolute atomic E-state index is 0. The standard InChI is InChI=1S/C7H17N.HI/c1-4-5-6-7-8(2)3;/h4-7H2,1-3H3;1H. The molecule has 0 bridgehead atoms. The zero-order chi connectivity index (χ0) is 6.41. The van der Waals surface area contributed by atoms with E-state index in [-0.39, 0.29) is 24.0 Å². The predicted octanol–water partition coefficient (Wildman–Crippen LogP) is 2.36. The van der Waals surface area contributed by atoms with Crippen molar-refractivity contribution >= 4 is 24.0 Å². The van der Waals surface area contributed by atoms with Crippen molar-refractivity contribution < 1.29 is 0 Å². The lowest BCUT2D eigenvalue weighted by molar-refractivity contribution is 0.393. The van der Waals surface area contributed by atoms with Crippen LogP contribution in [0, 0.1) is 0 Å². The highest BCUT2D eigenvalue weighted by Crippen LogP contribution is 1.93. The Kier molecular flexibility index (Phi) is 11.9. The van der Waals surface area contributed by atoms with Gasteiger partial charge in [-0.1, -0.05) is 19.8 Å². The molecule has 0 aliphatic carbocycles. The van der Waals surface area contributed by atoms with Crippen molar-refractivity contribution in [3.05, 3.63) is 0 Å². The second-order valence-corrected chi connectivity index (χ2v) is 2.51. The summed E-state index contributed by atoms with van der Waals surface area (Å²) in [4.78, 5) is 2.23. The largest absolute Gasteiger partial charge is 0.309 e. The van der Waals surface area contributed by atoms with Crippen molar-refractivity contribution in [2.24, 2.45) is 0 Å². The third kappa shape index (κ3) is 12.0. The fraction of sp³-hybridized carbons (Fsp3) is 1.00. The number of hydrogen-bond acceptors (Lipinski definition) is 1. The van der Waals surface area contributed by atoms with Gasteiger partial charge in [0, 0.05) is 0 Å². The van der Waals surface area contributed by atoms with E-state index in [9.17, 15) is 0 Å². The molecule has 58 valence electrons. The van der Waals surface area contributed by atoms with Crippen molar-refractivity contribution in [3.8, 4) is 0 Å². The molecule has 0 aliphatic rings. The molecule has 0 saturated heterocycles. The van der Waals surface area contributed by atoms with E-state index in [1.54, 1.807) is 0 Å². The quantitative estimate of drug-likeness (QED) is 0.541. The Labute approximate surface area is 75.8 Å². The molecule has 0 radical (unpaired) electrons. The molecule has 0 atom stereocenters. The fourth-order valence-electron chi connectivity index (χ4n) is 0.678. The Morgan fingerprint density at radius 2 is 1.67 bits per heavy atom. The molecular formula is C7H18IN. The minimum Gasteiger partial charge on any atom is -0.309 e. The highest BCUT2D eigenvalue weighted by molar-refractivity contribution is 14.0. The van der Waals surface area contributed by atoms with Crippen LogP contribution in [0.2, 0.25) is 0 Å². The first kappa shape index (κ1) is 12.4. The number of hydrogen-bond donors (Lipinski definition) is 0. The van der Waals surface area contributed by atoms with Gasteiger partial charge in [0.1, 0.15) is 0 Å². The topological polar surface area (TPSA) is 3.24 Å². The summed E-state index contributed by atoms with van der Waals surface area (Å²) in [7, 11) is 4.24. The maximum Gasteiger partial charge on any atom is -0.00248 e. The van der Waals surface area contributed by atoms with Crippen LogP contribution in [-0.4, -0.2) is 25.5 Å². The average molecular weight is 243 g/mol. The van der Waals surface area contributed by atoms with Crippen LogP contribution in [0.1, 0.15) is 26.2 Å². The molecule has 0 heterocycles. The van der Waals surface area contributed by atoms with Crippen molar-refractivity contribution in [2.75, 3.05) is 20.6 Å². The van der Waals surface area contributed by atoms with Crippen LogP contribution < -0.4 is 0 Å². The molecule has 0 unspecified atom stereocenters. The van der Waals surface area contributed by atoms with E-state index in [1.165, 1.54) is 25.8 Å². The van der Waals surface area contributed by atoms with Gasteiger partial charge in [-0.3, -0.25) is 0 Å². The van der Waals surface area contributed by atoms with E-state index in [0.717, 1.165) is 0 Å².